The minimum absolute atomic E-state index is 0.0125. The van der Waals surface area contributed by atoms with Crippen molar-refractivity contribution in [3.05, 3.63) is 70.7 Å². The topological polar surface area (TPSA) is 99.8 Å². The van der Waals surface area contributed by atoms with Crippen LogP contribution in [-0.4, -0.2) is 19.7 Å². The fraction of sp³-hybridized carbons (Fsp3) is 0.0588. The SMILES string of the molecule is Nc1nc(Cn2nc(-c3ccc(F)cc3)oc2=O)nc2ccccc12. The van der Waals surface area contributed by atoms with Crippen LogP contribution < -0.4 is 11.5 Å². The average molecular weight is 337 g/mol. The van der Waals surface area contributed by atoms with E-state index in [1.165, 1.54) is 24.3 Å². The zero-order valence-corrected chi connectivity index (χ0v) is 12.9. The van der Waals surface area contributed by atoms with Crippen LogP contribution in [0.4, 0.5) is 10.2 Å². The molecule has 0 spiro atoms. The number of para-hydroxylation sites is 1. The normalized spacial score (nSPS) is 11.1. The van der Waals surface area contributed by atoms with E-state index in [4.69, 9.17) is 10.2 Å². The number of nitrogens with zero attached hydrogens (tertiary/aromatic N) is 4. The van der Waals surface area contributed by atoms with Crippen molar-refractivity contribution in [2.24, 2.45) is 0 Å². The van der Waals surface area contributed by atoms with Crippen LogP contribution in [-0.2, 0) is 6.54 Å². The molecule has 8 heteroatoms. The third-order valence-corrected chi connectivity index (χ3v) is 3.67. The first-order valence-corrected chi connectivity index (χ1v) is 7.45. The van der Waals surface area contributed by atoms with Crippen molar-refractivity contribution in [3.63, 3.8) is 0 Å². The molecule has 0 fully saturated rings. The Morgan fingerprint density at radius 3 is 2.64 bits per heavy atom. The summed E-state index contributed by atoms with van der Waals surface area (Å²) in [7, 11) is 0. The summed E-state index contributed by atoms with van der Waals surface area (Å²) in [5.74, 6) is -0.271. The largest absolute Gasteiger partial charge is 0.437 e. The maximum atomic E-state index is 13.0. The average Bonchev–Trinajstić information content (AvgIpc) is 2.96. The second kappa shape index (κ2) is 5.82. The smallest absolute Gasteiger partial charge is 0.388 e. The molecule has 0 unspecified atom stereocenters. The number of fused-ring (bicyclic) bond motifs is 1. The molecule has 0 aliphatic heterocycles. The number of anilines is 1. The highest BCUT2D eigenvalue weighted by molar-refractivity contribution is 5.87. The van der Waals surface area contributed by atoms with Gasteiger partial charge in [0.15, 0.2) is 5.82 Å². The second-order valence-corrected chi connectivity index (χ2v) is 5.38. The molecule has 0 atom stereocenters. The van der Waals surface area contributed by atoms with Crippen LogP contribution in [0.3, 0.4) is 0 Å². The van der Waals surface area contributed by atoms with Gasteiger partial charge in [0.2, 0.25) is 5.89 Å². The third kappa shape index (κ3) is 2.85. The maximum absolute atomic E-state index is 13.0. The van der Waals surface area contributed by atoms with Gasteiger partial charge in [-0.25, -0.2) is 19.2 Å². The molecule has 0 radical (unpaired) electrons. The first-order chi connectivity index (χ1) is 12.1. The Labute approximate surface area is 140 Å². The van der Waals surface area contributed by atoms with E-state index in [1.54, 1.807) is 0 Å². The number of nitrogen functional groups attached to an aromatic ring is 1. The predicted molar refractivity (Wildman–Crippen MR) is 89.2 cm³/mol. The number of benzene rings is 2. The van der Waals surface area contributed by atoms with Crippen molar-refractivity contribution in [1.29, 1.82) is 0 Å². The van der Waals surface area contributed by atoms with E-state index in [1.807, 2.05) is 24.3 Å². The minimum atomic E-state index is -0.658. The number of halogens is 1. The van der Waals surface area contributed by atoms with E-state index < -0.39 is 5.76 Å². The molecule has 0 aliphatic rings. The Balaban J connectivity index is 1.69. The summed E-state index contributed by atoms with van der Waals surface area (Å²) in [6, 6.07) is 12.8. The molecular formula is C17H12FN5O2. The molecule has 0 saturated heterocycles. The molecule has 0 bridgehead atoms. The molecule has 4 aromatic rings. The van der Waals surface area contributed by atoms with Crippen LogP contribution >= 0.6 is 0 Å². The Hall–Kier alpha value is -3.55. The quantitative estimate of drug-likeness (QED) is 0.615. The van der Waals surface area contributed by atoms with E-state index in [0.717, 1.165) is 10.1 Å². The van der Waals surface area contributed by atoms with Gasteiger partial charge in [0, 0.05) is 10.9 Å². The Morgan fingerprint density at radius 1 is 1.08 bits per heavy atom. The summed E-state index contributed by atoms with van der Waals surface area (Å²) in [5, 5.41) is 4.85. The number of hydrogen-bond donors (Lipinski definition) is 1. The highest BCUT2D eigenvalue weighted by Crippen LogP contribution is 2.18. The summed E-state index contributed by atoms with van der Waals surface area (Å²) >= 11 is 0. The molecule has 2 aromatic heterocycles. The number of nitrogens with two attached hydrogens (primary N) is 1. The molecule has 0 amide bonds. The zero-order chi connectivity index (χ0) is 17.4. The van der Waals surface area contributed by atoms with Gasteiger partial charge in [0.25, 0.3) is 0 Å². The summed E-state index contributed by atoms with van der Waals surface area (Å²) < 4.78 is 19.2. The maximum Gasteiger partial charge on any atom is 0.437 e. The van der Waals surface area contributed by atoms with Gasteiger partial charge in [-0.05, 0) is 36.4 Å². The van der Waals surface area contributed by atoms with Crippen molar-refractivity contribution in [3.8, 4) is 11.5 Å². The van der Waals surface area contributed by atoms with Crippen LogP contribution in [0.25, 0.3) is 22.4 Å². The van der Waals surface area contributed by atoms with Gasteiger partial charge in [-0.1, -0.05) is 12.1 Å². The number of aromatic nitrogens is 4. The van der Waals surface area contributed by atoms with Crippen LogP contribution in [0, 0.1) is 5.82 Å². The standard InChI is InChI=1S/C17H12FN5O2/c18-11-7-5-10(6-8-11)16-22-23(17(24)25-16)9-14-20-13-4-2-1-3-12(13)15(19)21-14/h1-8H,9H2,(H2,19,20,21). The molecule has 2 heterocycles. The summed E-state index contributed by atoms with van der Waals surface area (Å²) in [6.45, 7) is 0.0125. The zero-order valence-electron chi connectivity index (χ0n) is 12.9. The minimum Gasteiger partial charge on any atom is -0.388 e. The van der Waals surface area contributed by atoms with E-state index in [0.29, 0.717) is 22.7 Å². The molecule has 4 rings (SSSR count). The van der Waals surface area contributed by atoms with Crippen LogP contribution in [0.5, 0.6) is 0 Å². The van der Waals surface area contributed by atoms with E-state index in [-0.39, 0.29) is 18.3 Å². The molecule has 2 aromatic carbocycles. The van der Waals surface area contributed by atoms with Gasteiger partial charge >= 0.3 is 5.76 Å². The second-order valence-electron chi connectivity index (χ2n) is 5.38. The van der Waals surface area contributed by atoms with Crippen LogP contribution in [0.2, 0.25) is 0 Å². The lowest BCUT2D eigenvalue weighted by Crippen LogP contribution is -2.18. The monoisotopic (exact) mass is 337 g/mol. The fourth-order valence-corrected chi connectivity index (χ4v) is 2.47. The Morgan fingerprint density at radius 2 is 1.84 bits per heavy atom. The van der Waals surface area contributed by atoms with Crippen molar-refractivity contribution in [1.82, 2.24) is 19.7 Å². The summed E-state index contributed by atoms with van der Waals surface area (Å²) in [5.41, 5.74) is 7.12. The van der Waals surface area contributed by atoms with Gasteiger partial charge < -0.3 is 10.2 Å². The Bertz CT molecular complexity index is 1120. The lowest BCUT2D eigenvalue weighted by Gasteiger charge is -2.04. The summed E-state index contributed by atoms with van der Waals surface area (Å²) in [6.07, 6.45) is 0. The molecule has 7 nitrogen and oxygen atoms in total. The molecular weight excluding hydrogens is 325 g/mol. The van der Waals surface area contributed by atoms with E-state index >= 15 is 0 Å². The van der Waals surface area contributed by atoms with Gasteiger partial charge in [-0.15, -0.1) is 5.10 Å². The molecule has 2 N–H and O–H groups in total. The van der Waals surface area contributed by atoms with Gasteiger partial charge in [0.1, 0.15) is 18.2 Å². The third-order valence-electron chi connectivity index (χ3n) is 3.67. The van der Waals surface area contributed by atoms with Crippen molar-refractivity contribution >= 4 is 16.7 Å². The Kier molecular flexibility index (Phi) is 3.50. The van der Waals surface area contributed by atoms with Crippen LogP contribution in [0.15, 0.2) is 57.7 Å². The van der Waals surface area contributed by atoms with Crippen molar-refractivity contribution < 1.29 is 8.81 Å². The lowest BCUT2D eigenvalue weighted by molar-refractivity contribution is 0.491. The molecule has 0 aliphatic carbocycles. The van der Waals surface area contributed by atoms with E-state index in [9.17, 15) is 9.18 Å². The first kappa shape index (κ1) is 15.0. The molecule has 25 heavy (non-hydrogen) atoms. The van der Waals surface area contributed by atoms with Gasteiger partial charge in [-0.2, -0.15) is 4.68 Å². The first-order valence-electron chi connectivity index (χ1n) is 7.45. The van der Waals surface area contributed by atoms with Crippen molar-refractivity contribution in [2.45, 2.75) is 6.54 Å². The number of rotatable bonds is 3. The summed E-state index contributed by atoms with van der Waals surface area (Å²) in [4.78, 5) is 20.6. The highest BCUT2D eigenvalue weighted by Gasteiger charge is 2.13. The number of hydrogen-bond acceptors (Lipinski definition) is 6. The lowest BCUT2D eigenvalue weighted by atomic mass is 10.2. The predicted octanol–water partition coefficient (Wildman–Crippen LogP) is 2.22. The van der Waals surface area contributed by atoms with E-state index in [2.05, 4.69) is 15.1 Å². The molecule has 0 saturated carbocycles. The van der Waals surface area contributed by atoms with Crippen molar-refractivity contribution in [2.75, 3.05) is 5.73 Å². The van der Waals surface area contributed by atoms with Gasteiger partial charge in [-0.3, -0.25) is 0 Å². The van der Waals surface area contributed by atoms with Crippen LogP contribution in [0.1, 0.15) is 5.82 Å². The molecule has 124 valence electrons. The van der Waals surface area contributed by atoms with Gasteiger partial charge in [0.05, 0.1) is 5.52 Å². The highest BCUT2D eigenvalue weighted by atomic mass is 19.1. The fourth-order valence-electron chi connectivity index (χ4n) is 2.47.